The maximum Gasteiger partial charge on any atom is 0.418 e. The van der Waals surface area contributed by atoms with Gasteiger partial charge in [0.05, 0.1) is 11.3 Å². The summed E-state index contributed by atoms with van der Waals surface area (Å²) in [6.45, 7) is 22.4. The zero-order chi connectivity index (χ0) is 41.3. The summed E-state index contributed by atoms with van der Waals surface area (Å²) in [7, 11) is 1.89. The fraction of sp³-hybridized carbons (Fsp3) is 0.721. The summed E-state index contributed by atoms with van der Waals surface area (Å²) in [5.41, 5.74) is 9.66. The normalized spacial score (nSPS) is 19.3. The number of amides is 1. The number of carbonyl (C=O) groups excluding carboxylic acids is 2. The molecule has 1 heterocycles. The number of nitrogens with two attached hydrogens (primary N) is 1. The van der Waals surface area contributed by atoms with Gasteiger partial charge in [-0.25, -0.2) is 5.48 Å². The Labute approximate surface area is 326 Å². The number of piperidine rings is 1. The molecule has 8 nitrogen and oxygen atoms in total. The van der Waals surface area contributed by atoms with Gasteiger partial charge in [0.15, 0.2) is 0 Å². The van der Waals surface area contributed by atoms with Crippen LogP contribution in [0.3, 0.4) is 0 Å². The smallest absolute Gasteiger partial charge is 0.398 e. The van der Waals surface area contributed by atoms with Crippen molar-refractivity contribution in [3.05, 3.63) is 52.4 Å². The predicted octanol–water partition coefficient (Wildman–Crippen LogP) is 10.2. The Hall–Kier alpha value is -2.89. The van der Waals surface area contributed by atoms with Gasteiger partial charge < -0.3 is 30.9 Å². The van der Waals surface area contributed by atoms with E-state index in [1.165, 1.54) is 58.2 Å². The van der Waals surface area contributed by atoms with Gasteiger partial charge in [-0.15, -0.1) is 0 Å². The van der Waals surface area contributed by atoms with E-state index >= 15 is 0 Å². The summed E-state index contributed by atoms with van der Waals surface area (Å²) >= 11 is 0. The summed E-state index contributed by atoms with van der Waals surface area (Å²) in [5.74, 6) is 3.27. The van der Waals surface area contributed by atoms with Crippen molar-refractivity contribution in [1.29, 1.82) is 0 Å². The van der Waals surface area contributed by atoms with Gasteiger partial charge in [-0.3, -0.25) is 4.79 Å². The Morgan fingerprint density at radius 3 is 1.96 bits per heavy atom. The second-order valence-electron chi connectivity index (χ2n) is 15.3. The molecular weight excluding hydrogens is 691 g/mol. The van der Waals surface area contributed by atoms with Crippen LogP contribution < -0.4 is 16.5 Å². The Balaban J connectivity index is 0.000000697. The van der Waals surface area contributed by atoms with Crippen LogP contribution in [0.5, 0.6) is 0 Å². The van der Waals surface area contributed by atoms with Gasteiger partial charge in [-0.05, 0) is 114 Å². The van der Waals surface area contributed by atoms with E-state index in [1.807, 2.05) is 20.0 Å². The number of nitrogens with one attached hydrogen (secondary N) is 2. The number of nitrogens with zero attached hydrogens (tertiary/aromatic N) is 2. The Bertz CT molecular complexity index is 1230. The lowest BCUT2D eigenvalue weighted by atomic mass is 9.84. The first-order chi connectivity index (χ1) is 25.5. The van der Waals surface area contributed by atoms with Crippen LogP contribution in [0.4, 0.5) is 18.9 Å². The number of anilines is 1. The molecule has 312 valence electrons. The van der Waals surface area contributed by atoms with Crippen molar-refractivity contribution in [3.63, 3.8) is 0 Å². The number of benzene rings is 1. The lowest BCUT2D eigenvalue weighted by Crippen LogP contribution is -2.37. The molecule has 0 radical (unpaired) electrons. The number of likely N-dealkylation sites (tertiary alicyclic amines) is 1. The first-order valence-corrected chi connectivity index (χ1v) is 20.3. The van der Waals surface area contributed by atoms with Crippen molar-refractivity contribution in [1.82, 2.24) is 20.6 Å². The quantitative estimate of drug-likeness (QED) is 0.101. The number of ketones is 1. The molecule has 1 aromatic carbocycles. The summed E-state index contributed by atoms with van der Waals surface area (Å²) in [6.07, 6.45) is 14.6. The number of alkyl halides is 3. The molecule has 1 atom stereocenters. The number of hydrogen-bond donors (Lipinski definition) is 4. The molecule has 1 aromatic rings. The van der Waals surface area contributed by atoms with Crippen LogP contribution in [0.2, 0.25) is 0 Å². The SMILES string of the molecule is CC1CCC(C)CC1.CCC(C)=O.CCCC(CCNO)N(C=O)C1=C(NC)CCC=C1.CCN1CCC(C)CC1.Cc1cc(C)c(N)c(C(F)(F)F)c1. The standard InChI is InChI=1S/C14H25N3O2.C9H10F3N.C8H17N.C8H16.C4H8O/c1-3-6-12(9-10-16-19)17(11-18)14-8-5-4-7-13(14)15-2;1-5-3-6(2)8(13)7(4-5)9(10,11)12;1-3-9-6-4-8(2)5-7-9;1-7-3-5-8(2)6-4-7;1-3-4(2)5/h5,8,11-12,15-16,19H,3-4,6-7,9-10H2,1-2H3;3-4H,13H2,1-2H3;8H,3-7H2,1-2H3;7-8H,3-6H2,1-2H3;3H2,1-2H3. The maximum absolute atomic E-state index is 12.3. The fourth-order valence-electron chi connectivity index (χ4n) is 6.49. The number of halogens is 3. The van der Waals surface area contributed by atoms with Crippen molar-refractivity contribution in [2.45, 2.75) is 152 Å². The summed E-state index contributed by atoms with van der Waals surface area (Å²) in [5, 5.41) is 11.9. The third kappa shape index (κ3) is 21.3. The van der Waals surface area contributed by atoms with Crippen molar-refractivity contribution in [3.8, 4) is 0 Å². The minimum absolute atomic E-state index is 0.114. The van der Waals surface area contributed by atoms with E-state index in [1.54, 1.807) is 31.7 Å². The summed E-state index contributed by atoms with van der Waals surface area (Å²) < 4.78 is 37.0. The second kappa shape index (κ2) is 28.5. The molecule has 1 saturated carbocycles. The zero-order valence-corrected chi connectivity index (χ0v) is 35.4. The minimum atomic E-state index is -4.36. The third-order valence-electron chi connectivity index (χ3n) is 10.4. The monoisotopic (exact) mass is 768 g/mol. The zero-order valence-electron chi connectivity index (χ0n) is 35.4. The molecule has 0 bridgehead atoms. The van der Waals surface area contributed by atoms with Crippen molar-refractivity contribution in [2.75, 3.05) is 39.0 Å². The van der Waals surface area contributed by atoms with Crippen LogP contribution in [-0.4, -0.2) is 66.5 Å². The van der Waals surface area contributed by atoms with E-state index in [9.17, 15) is 22.8 Å². The molecule has 0 aromatic heterocycles. The molecule has 2 fully saturated rings. The van der Waals surface area contributed by atoms with Crippen molar-refractivity contribution >= 4 is 17.9 Å². The molecule has 11 heteroatoms. The average molecular weight is 768 g/mol. The molecule has 5 N–H and O–H groups in total. The van der Waals surface area contributed by atoms with Crippen molar-refractivity contribution < 1.29 is 28.0 Å². The highest BCUT2D eigenvalue weighted by Gasteiger charge is 2.33. The van der Waals surface area contributed by atoms with Gasteiger partial charge in [-0.2, -0.15) is 13.2 Å². The van der Waals surface area contributed by atoms with Gasteiger partial charge in [-0.1, -0.05) is 91.4 Å². The van der Waals surface area contributed by atoms with Crippen molar-refractivity contribution in [2.24, 2.45) is 17.8 Å². The van der Waals surface area contributed by atoms with E-state index in [4.69, 9.17) is 10.9 Å². The van der Waals surface area contributed by atoms with E-state index < -0.39 is 11.7 Å². The first-order valence-electron chi connectivity index (χ1n) is 20.3. The van der Waals surface area contributed by atoms with Gasteiger partial charge in [0.25, 0.3) is 0 Å². The van der Waals surface area contributed by atoms with Crippen LogP contribution in [0.25, 0.3) is 0 Å². The number of aryl methyl sites for hydroxylation is 2. The number of allylic oxidation sites excluding steroid dienone is 3. The molecule has 1 aliphatic heterocycles. The topological polar surface area (TPSA) is 111 Å². The van der Waals surface area contributed by atoms with Crippen LogP contribution in [-0.2, 0) is 15.8 Å². The third-order valence-corrected chi connectivity index (χ3v) is 10.4. The summed E-state index contributed by atoms with van der Waals surface area (Å²) in [6, 6.07) is 2.80. The van der Waals surface area contributed by atoms with Gasteiger partial charge >= 0.3 is 6.18 Å². The van der Waals surface area contributed by atoms with Gasteiger partial charge in [0.1, 0.15) is 5.78 Å². The highest BCUT2D eigenvalue weighted by Crippen LogP contribution is 2.35. The lowest BCUT2D eigenvalue weighted by Gasteiger charge is -2.32. The van der Waals surface area contributed by atoms with E-state index in [-0.39, 0.29) is 17.5 Å². The molecule has 1 saturated heterocycles. The molecule has 4 rings (SSSR count). The number of carbonyl (C=O) groups is 2. The van der Waals surface area contributed by atoms with Gasteiger partial charge in [0.2, 0.25) is 6.41 Å². The van der Waals surface area contributed by atoms with Crippen LogP contribution in [0, 0.1) is 31.6 Å². The Morgan fingerprint density at radius 2 is 1.54 bits per heavy atom. The largest absolute Gasteiger partial charge is 0.418 e. The number of hydroxylamine groups is 1. The Kier molecular flexibility index (Phi) is 27.0. The first kappa shape index (κ1) is 51.1. The predicted molar refractivity (Wildman–Crippen MR) is 219 cm³/mol. The highest BCUT2D eigenvalue weighted by atomic mass is 19.4. The second-order valence-corrected chi connectivity index (χ2v) is 15.3. The number of nitrogen functional groups attached to an aromatic ring is 1. The van der Waals surface area contributed by atoms with E-state index in [0.29, 0.717) is 24.1 Å². The van der Waals surface area contributed by atoms with Crippen LogP contribution in [0.1, 0.15) is 142 Å². The summed E-state index contributed by atoms with van der Waals surface area (Å²) in [4.78, 5) is 25.6. The van der Waals surface area contributed by atoms with Gasteiger partial charge in [0, 0.05) is 37.4 Å². The molecule has 1 unspecified atom stereocenters. The molecule has 3 aliphatic rings. The number of Topliss-reactive ketones (excluding diaryl/α,β-unsaturated/α-hetero) is 1. The highest BCUT2D eigenvalue weighted by molar-refractivity contribution is 5.74. The number of rotatable bonds is 11. The van der Waals surface area contributed by atoms with Crippen LogP contribution in [0.15, 0.2) is 35.7 Å². The van der Waals surface area contributed by atoms with Crippen LogP contribution >= 0.6 is 0 Å². The Morgan fingerprint density at radius 1 is 1.00 bits per heavy atom. The van der Waals surface area contributed by atoms with E-state index in [0.717, 1.165) is 73.7 Å². The minimum Gasteiger partial charge on any atom is -0.398 e. The molecule has 2 aliphatic carbocycles. The molecular formula is C43H76F3N5O3. The number of hydrogen-bond acceptors (Lipinski definition) is 7. The maximum atomic E-state index is 12.3. The fourth-order valence-corrected chi connectivity index (χ4v) is 6.49. The molecule has 1 amide bonds. The molecule has 0 spiro atoms. The average Bonchev–Trinajstić information content (AvgIpc) is 3.14. The lowest BCUT2D eigenvalue weighted by molar-refractivity contribution is -0.137. The van der Waals surface area contributed by atoms with E-state index in [2.05, 4.69) is 56.4 Å². The molecule has 54 heavy (non-hydrogen) atoms.